The fraction of sp³-hybridized carbons (Fsp3) is 0.333. The minimum Gasteiger partial charge on any atom is -0.326 e. The highest BCUT2D eigenvalue weighted by atomic mass is 32.2. The lowest BCUT2D eigenvalue weighted by molar-refractivity contribution is -0.116. The SMILES string of the molecule is Cc1ccnn1-c1cccc(NC(=O)CCc2ccc(S(=O)(=O)N3CCCCC3)cc2)c1. The largest absolute Gasteiger partial charge is 0.326 e. The monoisotopic (exact) mass is 452 g/mol. The van der Waals surface area contributed by atoms with Gasteiger partial charge in [0.25, 0.3) is 0 Å². The molecule has 0 aliphatic carbocycles. The summed E-state index contributed by atoms with van der Waals surface area (Å²) in [7, 11) is -3.43. The van der Waals surface area contributed by atoms with Crippen molar-refractivity contribution in [2.24, 2.45) is 0 Å². The summed E-state index contributed by atoms with van der Waals surface area (Å²) >= 11 is 0. The molecule has 2 aromatic carbocycles. The van der Waals surface area contributed by atoms with Gasteiger partial charge in [-0.2, -0.15) is 9.40 Å². The number of aryl methyl sites for hydroxylation is 2. The predicted molar refractivity (Wildman–Crippen MR) is 124 cm³/mol. The number of rotatable bonds is 7. The summed E-state index contributed by atoms with van der Waals surface area (Å²) in [6.07, 6.45) is 5.49. The molecule has 0 radical (unpaired) electrons. The van der Waals surface area contributed by atoms with Gasteiger partial charge in [0, 0.05) is 37.1 Å². The Morgan fingerprint density at radius 3 is 2.47 bits per heavy atom. The molecule has 2 heterocycles. The number of anilines is 1. The second-order valence-corrected chi connectivity index (χ2v) is 10.0. The Labute approximate surface area is 189 Å². The molecule has 0 atom stereocenters. The van der Waals surface area contributed by atoms with Gasteiger partial charge in [0.1, 0.15) is 0 Å². The van der Waals surface area contributed by atoms with Crippen molar-refractivity contribution < 1.29 is 13.2 Å². The summed E-state index contributed by atoms with van der Waals surface area (Å²) in [4.78, 5) is 12.8. The van der Waals surface area contributed by atoms with Crippen LogP contribution in [-0.4, -0.2) is 41.5 Å². The molecule has 1 fully saturated rings. The normalized spacial score (nSPS) is 14.9. The highest BCUT2D eigenvalue weighted by Gasteiger charge is 2.25. The lowest BCUT2D eigenvalue weighted by atomic mass is 10.1. The fourth-order valence-electron chi connectivity index (χ4n) is 3.92. The quantitative estimate of drug-likeness (QED) is 0.589. The van der Waals surface area contributed by atoms with Crippen molar-refractivity contribution in [3.8, 4) is 5.69 Å². The summed E-state index contributed by atoms with van der Waals surface area (Å²) in [5.74, 6) is -0.0932. The van der Waals surface area contributed by atoms with Gasteiger partial charge in [-0.1, -0.05) is 24.6 Å². The number of sulfonamides is 1. The maximum atomic E-state index is 12.8. The van der Waals surface area contributed by atoms with E-state index in [1.807, 2.05) is 41.9 Å². The number of amides is 1. The Hall–Kier alpha value is -2.97. The van der Waals surface area contributed by atoms with Crippen molar-refractivity contribution in [1.82, 2.24) is 14.1 Å². The van der Waals surface area contributed by atoms with E-state index >= 15 is 0 Å². The summed E-state index contributed by atoms with van der Waals surface area (Å²) < 4.78 is 28.9. The van der Waals surface area contributed by atoms with Crippen LogP contribution in [0.3, 0.4) is 0 Å². The van der Waals surface area contributed by atoms with Gasteiger partial charge in [-0.25, -0.2) is 13.1 Å². The topological polar surface area (TPSA) is 84.3 Å². The first-order chi connectivity index (χ1) is 15.4. The van der Waals surface area contributed by atoms with Gasteiger partial charge >= 0.3 is 0 Å². The number of hydrogen-bond donors (Lipinski definition) is 1. The minimum atomic E-state index is -3.43. The standard InChI is InChI=1S/C24H28N4O3S/c1-19-14-15-25-28(19)22-7-5-6-21(18-22)26-24(29)13-10-20-8-11-23(12-9-20)32(30,31)27-16-3-2-4-17-27/h5-9,11-12,14-15,18H,2-4,10,13,16-17H2,1H3,(H,26,29). The van der Waals surface area contributed by atoms with Crippen LogP contribution in [0, 0.1) is 6.92 Å². The minimum absolute atomic E-state index is 0.0932. The van der Waals surface area contributed by atoms with E-state index in [-0.39, 0.29) is 5.91 Å². The molecule has 8 heteroatoms. The molecule has 3 aromatic rings. The number of carbonyl (C=O) groups is 1. The molecule has 32 heavy (non-hydrogen) atoms. The van der Waals surface area contributed by atoms with Gasteiger partial charge in [-0.05, 0) is 68.1 Å². The molecule has 0 spiro atoms. The molecule has 1 aromatic heterocycles. The molecule has 1 amide bonds. The van der Waals surface area contributed by atoms with E-state index in [0.29, 0.717) is 36.5 Å². The van der Waals surface area contributed by atoms with E-state index < -0.39 is 10.0 Å². The number of aromatic nitrogens is 2. The summed E-state index contributed by atoms with van der Waals surface area (Å²) in [6, 6.07) is 16.4. The second kappa shape index (κ2) is 9.67. The molecule has 1 N–H and O–H groups in total. The number of benzene rings is 2. The van der Waals surface area contributed by atoms with Crippen molar-refractivity contribution in [2.45, 2.75) is 43.9 Å². The Bertz CT molecular complexity index is 1180. The van der Waals surface area contributed by atoms with Crippen LogP contribution in [-0.2, 0) is 21.2 Å². The zero-order valence-corrected chi connectivity index (χ0v) is 19.0. The third-order valence-corrected chi connectivity index (χ3v) is 7.64. The predicted octanol–water partition coefficient (Wildman–Crippen LogP) is 3.93. The number of piperidine rings is 1. The average Bonchev–Trinajstić information content (AvgIpc) is 3.24. The van der Waals surface area contributed by atoms with Gasteiger partial charge in [0.15, 0.2) is 0 Å². The van der Waals surface area contributed by atoms with Crippen LogP contribution >= 0.6 is 0 Å². The van der Waals surface area contributed by atoms with Gasteiger partial charge in [-0.3, -0.25) is 4.79 Å². The van der Waals surface area contributed by atoms with E-state index in [1.54, 1.807) is 34.8 Å². The Balaban J connectivity index is 1.34. The molecule has 1 saturated heterocycles. The van der Waals surface area contributed by atoms with Crippen molar-refractivity contribution in [3.63, 3.8) is 0 Å². The van der Waals surface area contributed by atoms with Gasteiger partial charge in [0.05, 0.1) is 10.6 Å². The number of nitrogens with zero attached hydrogens (tertiary/aromatic N) is 3. The molecule has 0 unspecified atom stereocenters. The first-order valence-electron chi connectivity index (χ1n) is 10.9. The van der Waals surface area contributed by atoms with Crippen molar-refractivity contribution >= 4 is 21.6 Å². The van der Waals surface area contributed by atoms with E-state index in [2.05, 4.69) is 10.4 Å². The third-order valence-electron chi connectivity index (χ3n) is 5.72. The van der Waals surface area contributed by atoms with Gasteiger partial charge in [0.2, 0.25) is 15.9 Å². The molecule has 4 rings (SSSR count). The molecule has 7 nitrogen and oxygen atoms in total. The second-order valence-electron chi connectivity index (χ2n) is 8.09. The molecule has 1 aliphatic rings. The zero-order valence-electron chi connectivity index (χ0n) is 18.2. The Kier molecular flexibility index (Phi) is 6.72. The molecular weight excluding hydrogens is 424 g/mol. The van der Waals surface area contributed by atoms with E-state index in [4.69, 9.17) is 0 Å². The summed E-state index contributed by atoms with van der Waals surface area (Å²) in [5.41, 5.74) is 3.54. The van der Waals surface area contributed by atoms with E-state index in [9.17, 15) is 13.2 Å². The maximum Gasteiger partial charge on any atom is 0.243 e. The lowest BCUT2D eigenvalue weighted by Crippen LogP contribution is -2.35. The van der Waals surface area contributed by atoms with Crippen molar-refractivity contribution in [2.75, 3.05) is 18.4 Å². The smallest absolute Gasteiger partial charge is 0.243 e. The molecule has 1 aliphatic heterocycles. The van der Waals surface area contributed by atoms with Gasteiger partial charge < -0.3 is 5.32 Å². The number of carbonyl (C=O) groups excluding carboxylic acids is 1. The Morgan fingerprint density at radius 1 is 1.03 bits per heavy atom. The Morgan fingerprint density at radius 2 is 1.78 bits per heavy atom. The summed E-state index contributed by atoms with van der Waals surface area (Å²) in [5, 5.41) is 7.22. The van der Waals surface area contributed by atoms with E-state index in [1.165, 1.54) is 0 Å². The van der Waals surface area contributed by atoms with Crippen LogP contribution in [0.1, 0.15) is 36.9 Å². The van der Waals surface area contributed by atoms with Crippen LogP contribution in [0.4, 0.5) is 5.69 Å². The van der Waals surface area contributed by atoms with Crippen molar-refractivity contribution in [3.05, 3.63) is 72.1 Å². The van der Waals surface area contributed by atoms with Crippen LogP contribution in [0.15, 0.2) is 65.7 Å². The van der Waals surface area contributed by atoms with E-state index in [0.717, 1.165) is 36.2 Å². The van der Waals surface area contributed by atoms with Crippen LogP contribution in [0.5, 0.6) is 0 Å². The lowest BCUT2D eigenvalue weighted by Gasteiger charge is -2.25. The van der Waals surface area contributed by atoms with Crippen LogP contribution in [0.2, 0.25) is 0 Å². The molecular formula is C24H28N4O3S. The van der Waals surface area contributed by atoms with Crippen LogP contribution < -0.4 is 5.32 Å². The molecule has 0 saturated carbocycles. The highest BCUT2D eigenvalue weighted by Crippen LogP contribution is 2.21. The van der Waals surface area contributed by atoms with Gasteiger partial charge in [-0.15, -0.1) is 0 Å². The third kappa shape index (κ3) is 5.08. The average molecular weight is 453 g/mol. The first-order valence-corrected chi connectivity index (χ1v) is 12.4. The fourth-order valence-corrected chi connectivity index (χ4v) is 5.44. The zero-order chi connectivity index (χ0) is 22.6. The maximum absolute atomic E-state index is 12.8. The first kappa shape index (κ1) is 22.2. The molecule has 168 valence electrons. The summed E-state index contributed by atoms with van der Waals surface area (Å²) in [6.45, 7) is 3.15. The van der Waals surface area contributed by atoms with Crippen LogP contribution in [0.25, 0.3) is 5.69 Å². The van der Waals surface area contributed by atoms with Crippen molar-refractivity contribution in [1.29, 1.82) is 0 Å². The number of nitrogens with one attached hydrogen (secondary N) is 1. The molecule has 0 bridgehead atoms. The highest BCUT2D eigenvalue weighted by molar-refractivity contribution is 7.89. The number of hydrogen-bond acceptors (Lipinski definition) is 4.